The normalized spacial score (nSPS) is 28.8. The van der Waals surface area contributed by atoms with Gasteiger partial charge in [0.2, 0.25) is 17.7 Å². The van der Waals surface area contributed by atoms with Crippen molar-refractivity contribution in [2.75, 3.05) is 32.8 Å². The van der Waals surface area contributed by atoms with E-state index in [1.807, 2.05) is 42.2 Å². The smallest absolute Gasteiger partial charge is 0.247 e. The highest BCUT2D eigenvalue weighted by Gasteiger charge is 2.75. The number of halogens is 1. The Bertz CT molecular complexity index is 1070. The summed E-state index contributed by atoms with van der Waals surface area (Å²) in [6, 6.07) is 9.15. The molecule has 3 fully saturated rings. The summed E-state index contributed by atoms with van der Waals surface area (Å²) >= 11 is 5.52. The van der Waals surface area contributed by atoms with E-state index in [9.17, 15) is 19.5 Å². The summed E-state index contributed by atoms with van der Waals surface area (Å²) in [5, 5.41) is 9.35. The average Bonchev–Trinajstić information content (AvgIpc) is 3.52. The molecular weight excluding hydrogens is 578 g/mol. The van der Waals surface area contributed by atoms with Gasteiger partial charge in [-0.3, -0.25) is 14.4 Å². The molecule has 2 bridgehead atoms. The zero-order chi connectivity index (χ0) is 28.2. The van der Waals surface area contributed by atoms with Gasteiger partial charge in [0, 0.05) is 49.4 Å². The summed E-state index contributed by atoms with van der Waals surface area (Å²) in [5.41, 5.74) is 1.01. The number of thioether (sulfide) groups is 1. The van der Waals surface area contributed by atoms with Gasteiger partial charge < -0.3 is 19.8 Å². The number of nitrogens with zero attached hydrogens (tertiary/aromatic N) is 3. The van der Waals surface area contributed by atoms with E-state index in [1.165, 1.54) is 0 Å². The Morgan fingerprint density at radius 2 is 1.85 bits per heavy atom. The number of alkyl halides is 1. The van der Waals surface area contributed by atoms with E-state index in [0.717, 1.165) is 12.0 Å². The average molecular weight is 619 g/mol. The number of fused-ring (bicyclic) bond motifs is 1. The van der Waals surface area contributed by atoms with Crippen molar-refractivity contribution in [1.29, 1.82) is 0 Å². The minimum atomic E-state index is -0.686. The van der Waals surface area contributed by atoms with Crippen LogP contribution < -0.4 is 0 Å². The third kappa shape index (κ3) is 5.59. The number of likely N-dealkylation sites (tertiary alicyclic amines) is 1. The van der Waals surface area contributed by atoms with Crippen LogP contribution in [0.3, 0.4) is 0 Å². The summed E-state index contributed by atoms with van der Waals surface area (Å²) in [7, 11) is 0. The van der Waals surface area contributed by atoms with Crippen LogP contribution in [0.2, 0.25) is 0 Å². The van der Waals surface area contributed by atoms with Crippen molar-refractivity contribution in [3.63, 3.8) is 0 Å². The zero-order valence-electron chi connectivity index (χ0n) is 22.7. The Labute approximate surface area is 244 Å². The maximum Gasteiger partial charge on any atom is 0.247 e. The van der Waals surface area contributed by atoms with E-state index in [-0.39, 0.29) is 34.4 Å². The van der Waals surface area contributed by atoms with Gasteiger partial charge in [0.1, 0.15) is 6.04 Å². The molecule has 6 atom stereocenters. The summed E-state index contributed by atoms with van der Waals surface area (Å²) in [4.78, 5) is 48.1. The maximum atomic E-state index is 14.5. The summed E-state index contributed by atoms with van der Waals surface area (Å²) < 4.78 is -0.686. The molecule has 0 aromatic heterocycles. The SMILES string of the molecule is C=CCN(Cc1ccccc1)C(=O)C1N(CCCCO)C(=O)[C@@H]2[C@H](C(=O)N(CC=C)CCC)[C@H]3SC12CC3Br. The largest absolute Gasteiger partial charge is 0.396 e. The van der Waals surface area contributed by atoms with E-state index in [2.05, 4.69) is 29.1 Å². The number of aliphatic hydroxyl groups excluding tert-OH is 1. The first-order chi connectivity index (χ1) is 18.8. The third-order valence-electron chi connectivity index (χ3n) is 8.15. The Morgan fingerprint density at radius 1 is 1.15 bits per heavy atom. The van der Waals surface area contributed by atoms with Crippen molar-refractivity contribution in [2.24, 2.45) is 11.8 Å². The molecule has 7 nitrogen and oxygen atoms in total. The number of benzene rings is 1. The van der Waals surface area contributed by atoms with Crippen LogP contribution in [0.1, 0.15) is 38.2 Å². The molecule has 0 aliphatic carbocycles. The van der Waals surface area contributed by atoms with E-state index >= 15 is 0 Å². The fourth-order valence-electron chi connectivity index (χ4n) is 6.62. The number of aliphatic hydroxyl groups is 1. The molecule has 1 N–H and O–H groups in total. The van der Waals surface area contributed by atoms with Gasteiger partial charge in [-0.15, -0.1) is 24.9 Å². The van der Waals surface area contributed by atoms with Gasteiger partial charge >= 0.3 is 0 Å². The quantitative estimate of drug-likeness (QED) is 0.195. The van der Waals surface area contributed by atoms with Crippen molar-refractivity contribution in [1.82, 2.24) is 14.7 Å². The lowest BCUT2D eigenvalue weighted by Gasteiger charge is -2.38. The number of hydrogen-bond acceptors (Lipinski definition) is 5. The van der Waals surface area contributed by atoms with E-state index < -0.39 is 22.6 Å². The number of rotatable bonds is 14. The van der Waals surface area contributed by atoms with Crippen molar-refractivity contribution >= 4 is 45.4 Å². The van der Waals surface area contributed by atoms with Gasteiger partial charge in [0.25, 0.3) is 0 Å². The van der Waals surface area contributed by atoms with Crippen LogP contribution in [0.25, 0.3) is 0 Å². The Kier molecular flexibility index (Phi) is 9.99. The van der Waals surface area contributed by atoms with Gasteiger partial charge in [0.15, 0.2) is 0 Å². The number of carbonyl (C=O) groups excluding carboxylic acids is 3. The van der Waals surface area contributed by atoms with Crippen LogP contribution in [0, 0.1) is 11.8 Å². The van der Waals surface area contributed by atoms with Gasteiger partial charge in [-0.2, -0.15) is 0 Å². The molecule has 9 heteroatoms. The van der Waals surface area contributed by atoms with Crippen LogP contribution in [0.5, 0.6) is 0 Å². The third-order valence-corrected chi connectivity index (χ3v) is 11.4. The van der Waals surface area contributed by atoms with Crippen molar-refractivity contribution < 1.29 is 19.5 Å². The molecule has 3 heterocycles. The molecule has 4 rings (SSSR count). The number of hydrogen-bond donors (Lipinski definition) is 1. The lowest BCUT2D eigenvalue weighted by Crippen LogP contribution is -2.55. The van der Waals surface area contributed by atoms with Crippen molar-refractivity contribution in [2.45, 2.75) is 60.0 Å². The molecule has 1 spiro atoms. The van der Waals surface area contributed by atoms with Crippen LogP contribution in [-0.4, -0.2) is 91.2 Å². The second-order valence-electron chi connectivity index (χ2n) is 10.7. The minimum absolute atomic E-state index is 0.0192. The second-order valence-corrected chi connectivity index (χ2v) is 13.4. The summed E-state index contributed by atoms with van der Waals surface area (Å²) in [6.45, 7) is 12.0. The fraction of sp³-hybridized carbons (Fsp3) is 0.567. The highest BCUT2D eigenvalue weighted by molar-refractivity contribution is 9.09. The lowest BCUT2D eigenvalue weighted by atomic mass is 9.70. The van der Waals surface area contributed by atoms with Crippen LogP contribution in [0.4, 0.5) is 0 Å². The second kappa shape index (κ2) is 13.0. The first kappa shape index (κ1) is 29.9. The zero-order valence-corrected chi connectivity index (χ0v) is 25.1. The molecule has 3 aliphatic heterocycles. The first-order valence-electron chi connectivity index (χ1n) is 13.9. The number of amides is 3. The van der Waals surface area contributed by atoms with Crippen molar-refractivity contribution in [3.05, 3.63) is 61.2 Å². The summed E-state index contributed by atoms with van der Waals surface area (Å²) in [6.07, 6.45) is 6.06. The first-order valence-corrected chi connectivity index (χ1v) is 15.7. The van der Waals surface area contributed by atoms with Crippen molar-refractivity contribution in [3.8, 4) is 0 Å². The molecule has 1 aromatic rings. The van der Waals surface area contributed by atoms with Crippen LogP contribution in [-0.2, 0) is 20.9 Å². The predicted octanol–water partition coefficient (Wildman–Crippen LogP) is 3.86. The monoisotopic (exact) mass is 617 g/mol. The van der Waals surface area contributed by atoms with Gasteiger partial charge in [0.05, 0.1) is 16.6 Å². The molecule has 1 aromatic carbocycles. The number of carbonyl (C=O) groups is 3. The molecule has 0 radical (unpaired) electrons. The van der Waals surface area contributed by atoms with E-state index in [4.69, 9.17) is 0 Å². The Hall–Kier alpha value is -2.10. The molecule has 3 amide bonds. The Balaban J connectivity index is 1.73. The molecule has 212 valence electrons. The maximum absolute atomic E-state index is 14.5. The Morgan fingerprint density at radius 3 is 2.49 bits per heavy atom. The standard InChI is InChI=1S/C30H40BrN3O4S/c1-4-14-32(15-5-2)27(36)23-24-28(37)34(17-10-11-18-35)26(30(24)19-22(31)25(23)39-30)29(38)33(16-6-3)20-21-12-8-7-9-13-21/h4,6-9,12-13,22-26,35H,1,3,5,10-11,14-20H2,2H3/t22?,23-,24-,25-,26?,30?/m0/s1. The highest BCUT2D eigenvalue weighted by atomic mass is 79.9. The van der Waals surface area contributed by atoms with E-state index in [0.29, 0.717) is 52.0 Å². The number of unbranched alkanes of at least 4 members (excludes halogenated alkanes) is 1. The molecular formula is C30H40BrN3O4S. The highest BCUT2D eigenvalue weighted by Crippen LogP contribution is 2.68. The van der Waals surface area contributed by atoms with Gasteiger partial charge in [-0.1, -0.05) is 65.3 Å². The fourth-order valence-corrected chi connectivity index (χ4v) is 10.2. The topological polar surface area (TPSA) is 81.2 Å². The summed E-state index contributed by atoms with van der Waals surface area (Å²) in [5.74, 6) is -1.27. The van der Waals surface area contributed by atoms with Crippen LogP contribution >= 0.6 is 27.7 Å². The predicted molar refractivity (Wildman–Crippen MR) is 159 cm³/mol. The van der Waals surface area contributed by atoms with Crippen LogP contribution in [0.15, 0.2) is 55.6 Å². The molecule has 3 aliphatic rings. The lowest BCUT2D eigenvalue weighted by molar-refractivity contribution is -0.144. The van der Waals surface area contributed by atoms with Gasteiger partial charge in [-0.25, -0.2) is 0 Å². The molecule has 3 saturated heterocycles. The van der Waals surface area contributed by atoms with E-state index in [1.54, 1.807) is 33.7 Å². The molecule has 3 unspecified atom stereocenters. The molecule has 0 saturated carbocycles. The molecule has 39 heavy (non-hydrogen) atoms. The minimum Gasteiger partial charge on any atom is -0.396 e. The van der Waals surface area contributed by atoms with Gasteiger partial charge in [-0.05, 0) is 31.2 Å².